The maximum Gasteiger partial charge on any atom is 0.257 e. The number of aliphatic hydroxyl groups is 1. The number of benzene rings is 2. The Morgan fingerprint density at radius 1 is 1.17 bits per heavy atom. The highest BCUT2D eigenvalue weighted by molar-refractivity contribution is 5.94. The van der Waals surface area contributed by atoms with Gasteiger partial charge in [-0.05, 0) is 36.8 Å². The van der Waals surface area contributed by atoms with Crippen molar-refractivity contribution in [2.45, 2.75) is 18.9 Å². The number of rotatable bonds is 6. The molecule has 24 heavy (non-hydrogen) atoms. The normalized spacial score (nSPS) is 13.2. The number of carbonyl (C=O) groups excluding carboxylic acids is 1. The third-order valence-corrected chi connectivity index (χ3v) is 3.56. The van der Waals surface area contributed by atoms with Gasteiger partial charge in [-0.3, -0.25) is 4.79 Å². The number of methoxy groups -OCH3 is 1. The molecule has 0 aliphatic rings. The highest BCUT2D eigenvalue weighted by Crippen LogP contribution is 2.17. The van der Waals surface area contributed by atoms with Gasteiger partial charge < -0.3 is 15.2 Å². The van der Waals surface area contributed by atoms with Crippen LogP contribution in [-0.2, 0) is 6.42 Å². The Kier molecular flexibility index (Phi) is 5.51. The second-order valence-corrected chi connectivity index (χ2v) is 5.80. The second kappa shape index (κ2) is 7.40. The largest absolute Gasteiger partial charge is 0.497 e. The fourth-order valence-electron chi connectivity index (χ4n) is 2.32. The molecule has 0 heterocycles. The number of amides is 1. The van der Waals surface area contributed by atoms with Crippen molar-refractivity contribution < 1.29 is 23.4 Å². The third kappa shape index (κ3) is 4.52. The molecule has 2 rings (SSSR count). The third-order valence-electron chi connectivity index (χ3n) is 3.56. The predicted octanol–water partition coefficient (Wildman–Crippen LogP) is 2.70. The van der Waals surface area contributed by atoms with E-state index in [0.717, 1.165) is 17.7 Å². The summed E-state index contributed by atoms with van der Waals surface area (Å²) in [5.74, 6) is -2.09. The first-order valence-corrected chi connectivity index (χ1v) is 7.40. The summed E-state index contributed by atoms with van der Waals surface area (Å²) >= 11 is 0. The van der Waals surface area contributed by atoms with E-state index in [-0.39, 0.29) is 13.0 Å². The Hall–Kier alpha value is -2.47. The Bertz CT molecular complexity index is 694. The van der Waals surface area contributed by atoms with Gasteiger partial charge in [0.25, 0.3) is 5.91 Å². The summed E-state index contributed by atoms with van der Waals surface area (Å²) in [5, 5.41) is 12.8. The van der Waals surface area contributed by atoms with Gasteiger partial charge in [-0.15, -0.1) is 0 Å². The fraction of sp³-hybridized carbons (Fsp3) is 0.278. The van der Waals surface area contributed by atoms with Gasteiger partial charge >= 0.3 is 0 Å². The summed E-state index contributed by atoms with van der Waals surface area (Å²) in [6.45, 7) is 1.39. The van der Waals surface area contributed by atoms with Crippen molar-refractivity contribution in [1.29, 1.82) is 0 Å². The SMILES string of the molecule is COc1ccc(C[C@@](C)(O)CNC(=O)c2c(F)cccc2F)cc1. The standard InChI is InChI=1S/C18H19F2NO3/c1-18(23,10-12-6-8-13(24-2)9-7-12)11-21-17(22)16-14(19)4-3-5-15(16)20/h3-9,23H,10-11H2,1-2H3,(H,21,22)/t18-/m1/s1. The topological polar surface area (TPSA) is 58.6 Å². The van der Waals surface area contributed by atoms with Crippen LogP contribution < -0.4 is 10.1 Å². The molecular formula is C18H19F2NO3. The Balaban J connectivity index is 1.99. The molecule has 0 aliphatic carbocycles. The molecule has 0 radical (unpaired) electrons. The summed E-state index contributed by atoms with van der Waals surface area (Å²) in [6, 6.07) is 10.3. The highest BCUT2D eigenvalue weighted by Gasteiger charge is 2.24. The van der Waals surface area contributed by atoms with E-state index in [1.807, 2.05) is 0 Å². The quantitative estimate of drug-likeness (QED) is 0.853. The monoisotopic (exact) mass is 335 g/mol. The molecule has 6 heteroatoms. The van der Waals surface area contributed by atoms with Crippen molar-refractivity contribution in [1.82, 2.24) is 5.32 Å². The van der Waals surface area contributed by atoms with Crippen molar-refractivity contribution >= 4 is 5.91 Å². The molecule has 0 saturated carbocycles. The van der Waals surface area contributed by atoms with Crippen LogP contribution in [0.15, 0.2) is 42.5 Å². The molecular weight excluding hydrogens is 316 g/mol. The summed E-state index contributed by atoms with van der Waals surface area (Å²) < 4.78 is 32.2. The van der Waals surface area contributed by atoms with Gasteiger partial charge in [0.2, 0.25) is 0 Å². The van der Waals surface area contributed by atoms with Gasteiger partial charge in [0.1, 0.15) is 22.9 Å². The molecule has 0 aliphatic heterocycles. The molecule has 0 bridgehead atoms. The number of ether oxygens (including phenoxy) is 1. The molecule has 2 aromatic carbocycles. The number of hydrogen-bond acceptors (Lipinski definition) is 3. The second-order valence-electron chi connectivity index (χ2n) is 5.80. The van der Waals surface area contributed by atoms with E-state index in [1.165, 1.54) is 13.0 Å². The van der Waals surface area contributed by atoms with E-state index < -0.39 is 28.7 Å². The van der Waals surface area contributed by atoms with E-state index in [4.69, 9.17) is 4.74 Å². The first-order chi connectivity index (χ1) is 11.3. The first-order valence-electron chi connectivity index (χ1n) is 7.40. The van der Waals surface area contributed by atoms with Crippen molar-refractivity contribution in [3.8, 4) is 5.75 Å². The van der Waals surface area contributed by atoms with E-state index in [9.17, 15) is 18.7 Å². The molecule has 0 spiro atoms. The first kappa shape index (κ1) is 17.9. The zero-order chi connectivity index (χ0) is 17.7. The lowest BCUT2D eigenvalue weighted by molar-refractivity contribution is 0.0550. The summed E-state index contributed by atoms with van der Waals surface area (Å²) in [7, 11) is 1.56. The van der Waals surface area contributed by atoms with Gasteiger partial charge in [-0.2, -0.15) is 0 Å². The fourth-order valence-corrected chi connectivity index (χ4v) is 2.32. The van der Waals surface area contributed by atoms with Crippen molar-refractivity contribution in [3.05, 3.63) is 65.2 Å². The number of carbonyl (C=O) groups is 1. The van der Waals surface area contributed by atoms with Gasteiger partial charge in [0, 0.05) is 13.0 Å². The van der Waals surface area contributed by atoms with Crippen molar-refractivity contribution in [2.24, 2.45) is 0 Å². The average Bonchev–Trinajstić information content (AvgIpc) is 2.53. The van der Waals surface area contributed by atoms with E-state index in [0.29, 0.717) is 5.75 Å². The predicted molar refractivity (Wildman–Crippen MR) is 86.0 cm³/mol. The average molecular weight is 335 g/mol. The van der Waals surface area contributed by atoms with Crippen LogP contribution in [0.4, 0.5) is 8.78 Å². The zero-order valence-corrected chi connectivity index (χ0v) is 13.5. The van der Waals surface area contributed by atoms with Crippen LogP contribution in [0.25, 0.3) is 0 Å². The number of nitrogens with one attached hydrogen (secondary N) is 1. The van der Waals surface area contributed by atoms with Crippen LogP contribution in [0.3, 0.4) is 0 Å². The lowest BCUT2D eigenvalue weighted by atomic mass is 9.96. The van der Waals surface area contributed by atoms with Crippen LogP contribution in [0, 0.1) is 11.6 Å². The smallest absolute Gasteiger partial charge is 0.257 e. The molecule has 0 fully saturated rings. The van der Waals surface area contributed by atoms with Crippen molar-refractivity contribution in [2.75, 3.05) is 13.7 Å². The summed E-state index contributed by atoms with van der Waals surface area (Å²) in [6.07, 6.45) is 0.261. The molecule has 0 unspecified atom stereocenters. The van der Waals surface area contributed by atoms with E-state index in [2.05, 4.69) is 5.32 Å². The van der Waals surface area contributed by atoms with Crippen LogP contribution in [0.2, 0.25) is 0 Å². The summed E-state index contributed by atoms with van der Waals surface area (Å²) in [4.78, 5) is 12.0. The summed E-state index contributed by atoms with van der Waals surface area (Å²) in [5.41, 5.74) is -1.09. The molecule has 0 aromatic heterocycles. The molecule has 2 N–H and O–H groups in total. The Morgan fingerprint density at radius 2 is 1.75 bits per heavy atom. The molecule has 4 nitrogen and oxygen atoms in total. The molecule has 2 aromatic rings. The van der Waals surface area contributed by atoms with Crippen LogP contribution in [0.5, 0.6) is 5.75 Å². The van der Waals surface area contributed by atoms with Crippen molar-refractivity contribution in [3.63, 3.8) is 0 Å². The highest BCUT2D eigenvalue weighted by atomic mass is 19.1. The maximum absolute atomic E-state index is 13.6. The van der Waals surface area contributed by atoms with Crippen LogP contribution >= 0.6 is 0 Å². The van der Waals surface area contributed by atoms with Crippen LogP contribution in [-0.4, -0.2) is 30.3 Å². The van der Waals surface area contributed by atoms with E-state index >= 15 is 0 Å². The minimum atomic E-state index is -1.27. The zero-order valence-electron chi connectivity index (χ0n) is 13.5. The van der Waals surface area contributed by atoms with Gasteiger partial charge in [-0.1, -0.05) is 18.2 Å². The lowest BCUT2D eigenvalue weighted by Crippen LogP contribution is -2.42. The minimum absolute atomic E-state index is 0.147. The Morgan fingerprint density at radius 3 is 2.29 bits per heavy atom. The van der Waals surface area contributed by atoms with Gasteiger partial charge in [-0.25, -0.2) is 8.78 Å². The van der Waals surface area contributed by atoms with Crippen LogP contribution in [0.1, 0.15) is 22.8 Å². The van der Waals surface area contributed by atoms with Gasteiger partial charge in [0.05, 0.1) is 12.7 Å². The Labute approximate surface area is 139 Å². The van der Waals surface area contributed by atoms with E-state index in [1.54, 1.807) is 31.4 Å². The number of hydrogen-bond donors (Lipinski definition) is 2. The molecule has 1 atom stereocenters. The minimum Gasteiger partial charge on any atom is -0.497 e. The molecule has 128 valence electrons. The maximum atomic E-state index is 13.6. The molecule has 0 saturated heterocycles. The number of halogens is 2. The van der Waals surface area contributed by atoms with Gasteiger partial charge in [0.15, 0.2) is 0 Å². The lowest BCUT2D eigenvalue weighted by Gasteiger charge is -2.24. The molecule has 1 amide bonds.